The van der Waals surface area contributed by atoms with Crippen LogP contribution in [0.3, 0.4) is 0 Å². The number of benzene rings is 2. The van der Waals surface area contributed by atoms with Crippen molar-refractivity contribution in [3.05, 3.63) is 58.7 Å². The van der Waals surface area contributed by atoms with Gasteiger partial charge >= 0.3 is 5.97 Å². The van der Waals surface area contributed by atoms with Crippen molar-refractivity contribution in [2.75, 3.05) is 11.4 Å². The Hall–Kier alpha value is -3.15. The molecule has 0 bridgehead atoms. The third-order valence-electron chi connectivity index (χ3n) is 4.74. The average Bonchev–Trinajstić information content (AvgIpc) is 3.06. The van der Waals surface area contributed by atoms with Crippen LogP contribution in [0.4, 0.5) is 5.69 Å². The highest BCUT2D eigenvalue weighted by Crippen LogP contribution is 2.29. The van der Waals surface area contributed by atoms with E-state index < -0.39 is 12.1 Å². The van der Waals surface area contributed by atoms with Crippen LogP contribution in [0.15, 0.2) is 36.4 Å². The zero-order valence-corrected chi connectivity index (χ0v) is 15.5. The Bertz CT molecular complexity index is 934. The van der Waals surface area contributed by atoms with E-state index in [1.54, 1.807) is 42.2 Å². The number of phenolic OH excluding ortho intramolecular Hbond substituents is 1. The molecule has 6 nitrogen and oxygen atoms in total. The van der Waals surface area contributed by atoms with Crippen LogP contribution in [-0.4, -0.2) is 35.4 Å². The maximum atomic E-state index is 12.6. The fourth-order valence-corrected chi connectivity index (χ4v) is 3.14. The van der Waals surface area contributed by atoms with E-state index in [2.05, 4.69) is 0 Å². The standard InChI is InChI=1S/C21H21NO5/c1-12-4-5-17(11-19(12)24)21(26)27-13(2)20(25)16-6-7-18-15(10-16)8-9-22(18)14(3)23/h4-7,10-11,13,24H,8-9H2,1-3H3/t13-/m1/s1. The summed E-state index contributed by atoms with van der Waals surface area (Å²) in [4.78, 5) is 38.2. The second kappa shape index (κ2) is 7.23. The van der Waals surface area contributed by atoms with Crippen LogP contribution < -0.4 is 4.90 Å². The SMILES string of the molecule is CC(=O)N1CCc2cc(C(=O)[C@@H](C)OC(=O)c3ccc(C)c(O)c3)ccc21. The second-order valence-electron chi connectivity index (χ2n) is 6.68. The largest absolute Gasteiger partial charge is 0.508 e. The van der Waals surface area contributed by atoms with Gasteiger partial charge in [0.1, 0.15) is 5.75 Å². The van der Waals surface area contributed by atoms with Gasteiger partial charge in [0.2, 0.25) is 11.7 Å². The zero-order chi connectivity index (χ0) is 19.7. The Morgan fingerprint density at radius 2 is 1.81 bits per heavy atom. The second-order valence-corrected chi connectivity index (χ2v) is 6.68. The number of nitrogens with zero attached hydrogens (tertiary/aromatic N) is 1. The number of carbonyl (C=O) groups is 3. The molecule has 0 aromatic heterocycles. The average molecular weight is 367 g/mol. The topological polar surface area (TPSA) is 83.9 Å². The van der Waals surface area contributed by atoms with E-state index in [1.165, 1.54) is 19.9 Å². The van der Waals surface area contributed by atoms with Crippen LogP contribution in [0, 0.1) is 6.92 Å². The van der Waals surface area contributed by atoms with Gasteiger partial charge in [-0.15, -0.1) is 0 Å². The van der Waals surface area contributed by atoms with Crippen LogP contribution in [-0.2, 0) is 16.0 Å². The molecule has 2 aromatic rings. The molecule has 140 valence electrons. The summed E-state index contributed by atoms with van der Waals surface area (Å²) < 4.78 is 5.26. The van der Waals surface area contributed by atoms with Gasteiger partial charge in [0.15, 0.2) is 6.10 Å². The summed E-state index contributed by atoms with van der Waals surface area (Å²) >= 11 is 0. The number of rotatable bonds is 4. The number of hydrogen-bond donors (Lipinski definition) is 1. The molecule has 3 rings (SSSR count). The van der Waals surface area contributed by atoms with Gasteiger partial charge in [0.25, 0.3) is 0 Å². The van der Waals surface area contributed by atoms with Crippen molar-refractivity contribution < 1.29 is 24.2 Å². The minimum Gasteiger partial charge on any atom is -0.508 e. The van der Waals surface area contributed by atoms with Crippen molar-refractivity contribution in [3.8, 4) is 5.75 Å². The van der Waals surface area contributed by atoms with Gasteiger partial charge in [0.05, 0.1) is 5.56 Å². The molecule has 1 N–H and O–H groups in total. The lowest BCUT2D eigenvalue weighted by molar-refractivity contribution is -0.116. The molecule has 1 heterocycles. The number of Topliss-reactive ketones (excluding diaryl/α,β-unsaturated/α-hetero) is 1. The van der Waals surface area contributed by atoms with E-state index in [-0.39, 0.29) is 23.0 Å². The van der Waals surface area contributed by atoms with Crippen molar-refractivity contribution in [2.24, 2.45) is 0 Å². The molecule has 1 aliphatic heterocycles. The van der Waals surface area contributed by atoms with Crippen LogP contribution >= 0.6 is 0 Å². The third-order valence-corrected chi connectivity index (χ3v) is 4.74. The minimum atomic E-state index is -0.968. The normalized spacial score (nSPS) is 13.8. The zero-order valence-electron chi connectivity index (χ0n) is 15.5. The van der Waals surface area contributed by atoms with Crippen LogP contribution in [0.25, 0.3) is 0 Å². The molecular formula is C21H21NO5. The smallest absolute Gasteiger partial charge is 0.338 e. The summed E-state index contributed by atoms with van der Waals surface area (Å²) in [5.41, 5.74) is 3.01. The summed E-state index contributed by atoms with van der Waals surface area (Å²) in [6, 6.07) is 9.62. The fraction of sp³-hybridized carbons (Fsp3) is 0.286. The first kappa shape index (κ1) is 18.6. The molecule has 6 heteroatoms. The van der Waals surface area contributed by atoms with Crippen molar-refractivity contribution in [1.29, 1.82) is 0 Å². The van der Waals surface area contributed by atoms with E-state index in [9.17, 15) is 19.5 Å². The quantitative estimate of drug-likeness (QED) is 0.663. The van der Waals surface area contributed by atoms with Gasteiger partial charge < -0.3 is 14.7 Å². The lowest BCUT2D eigenvalue weighted by Gasteiger charge is -2.16. The fourth-order valence-electron chi connectivity index (χ4n) is 3.14. The highest BCUT2D eigenvalue weighted by atomic mass is 16.5. The van der Waals surface area contributed by atoms with Gasteiger partial charge in [-0.2, -0.15) is 0 Å². The van der Waals surface area contributed by atoms with Crippen LogP contribution in [0.1, 0.15) is 45.7 Å². The highest BCUT2D eigenvalue weighted by Gasteiger charge is 2.26. The van der Waals surface area contributed by atoms with Gasteiger partial charge in [-0.1, -0.05) is 6.07 Å². The first-order chi connectivity index (χ1) is 12.8. The predicted octanol–water partition coefficient (Wildman–Crippen LogP) is 3.04. The Kier molecular flexibility index (Phi) is 4.99. The molecule has 0 saturated heterocycles. The number of ketones is 1. The van der Waals surface area contributed by atoms with Crippen molar-refractivity contribution in [3.63, 3.8) is 0 Å². The van der Waals surface area contributed by atoms with Crippen LogP contribution in [0.2, 0.25) is 0 Å². The molecule has 1 amide bonds. The van der Waals surface area contributed by atoms with Crippen molar-refractivity contribution in [2.45, 2.75) is 33.3 Å². The number of anilines is 1. The Balaban J connectivity index is 1.73. The molecule has 0 unspecified atom stereocenters. The first-order valence-electron chi connectivity index (χ1n) is 8.73. The number of ether oxygens (including phenoxy) is 1. The van der Waals surface area contributed by atoms with Crippen molar-refractivity contribution in [1.82, 2.24) is 0 Å². The number of carbonyl (C=O) groups excluding carboxylic acids is 3. The molecule has 2 aromatic carbocycles. The summed E-state index contributed by atoms with van der Waals surface area (Å²) in [5, 5.41) is 9.72. The molecule has 0 fully saturated rings. The monoisotopic (exact) mass is 367 g/mol. The minimum absolute atomic E-state index is 0.00271. The molecule has 0 radical (unpaired) electrons. The lowest BCUT2D eigenvalue weighted by atomic mass is 10.0. The summed E-state index contributed by atoms with van der Waals surface area (Å²) in [6.07, 6.45) is -0.281. The van der Waals surface area contributed by atoms with Crippen LogP contribution in [0.5, 0.6) is 5.75 Å². The Morgan fingerprint density at radius 3 is 2.48 bits per heavy atom. The van der Waals surface area contributed by atoms with E-state index in [0.717, 1.165) is 11.3 Å². The Labute approximate surface area is 157 Å². The maximum Gasteiger partial charge on any atom is 0.338 e. The molecule has 27 heavy (non-hydrogen) atoms. The number of phenols is 1. The van der Waals surface area contributed by atoms with E-state index >= 15 is 0 Å². The lowest BCUT2D eigenvalue weighted by Crippen LogP contribution is -2.26. The summed E-state index contributed by atoms with van der Waals surface area (Å²) in [5.74, 6) is -1.02. The summed E-state index contributed by atoms with van der Waals surface area (Å²) in [6.45, 7) is 5.35. The Morgan fingerprint density at radius 1 is 1.11 bits per heavy atom. The summed E-state index contributed by atoms with van der Waals surface area (Å²) in [7, 11) is 0. The molecular weight excluding hydrogens is 346 g/mol. The molecule has 0 saturated carbocycles. The maximum absolute atomic E-state index is 12.6. The van der Waals surface area contributed by atoms with E-state index in [1.807, 2.05) is 0 Å². The number of hydrogen-bond acceptors (Lipinski definition) is 5. The van der Waals surface area contributed by atoms with Crippen molar-refractivity contribution >= 4 is 23.3 Å². The van der Waals surface area contributed by atoms with Gasteiger partial charge in [-0.05, 0) is 61.7 Å². The number of aromatic hydroxyl groups is 1. The number of fused-ring (bicyclic) bond motifs is 1. The van der Waals surface area contributed by atoms with Gasteiger partial charge in [-0.25, -0.2) is 4.79 Å². The number of aryl methyl sites for hydroxylation is 1. The first-order valence-corrected chi connectivity index (χ1v) is 8.73. The molecule has 1 aliphatic rings. The number of amides is 1. The molecule has 0 spiro atoms. The van der Waals surface area contributed by atoms with Gasteiger partial charge in [-0.3, -0.25) is 9.59 Å². The highest BCUT2D eigenvalue weighted by molar-refractivity contribution is 6.02. The third kappa shape index (κ3) is 3.69. The van der Waals surface area contributed by atoms with Gasteiger partial charge in [0, 0.05) is 24.7 Å². The van der Waals surface area contributed by atoms with E-state index in [4.69, 9.17) is 4.74 Å². The van der Waals surface area contributed by atoms with E-state index in [0.29, 0.717) is 24.1 Å². The predicted molar refractivity (Wildman–Crippen MR) is 100 cm³/mol. The molecule has 1 atom stereocenters. The molecule has 0 aliphatic carbocycles. The number of esters is 1.